The molecule has 0 amide bonds. The highest BCUT2D eigenvalue weighted by Gasteiger charge is 2.34. The zero-order valence-corrected chi connectivity index (χ0v) is 14.3. The lowest BCUT2D eigenvalue weighted by Crippen LogP contribution is -2.47. The number of hydrogen-bond acceptors (Lipinski definition) is 3. The van der Waals surface area contributed by atoms with Gasteiger partial charge in [0.2, 0.25) is 0 Å². The van der Waals surface area contributed by atoms with Crippen LogP contribution in [0.5, 0.6) is 0 Å². The van der Waals surface area contributed by atoms with Crippen molar-refractivity contribution in [3.8, 4) is 0 Å². The lowest BCUT2D eigenvalue weighted by Gasteiger charge is -2.46. The average molecular weight is 321 g/mol. The second-order valence-electron chi connectivity index (χ2n) is 6.17. The maximum atomic E-state index is 6.06. The minimum absolute atomic E-state index is 0.535. The van der Waals surface area contributed by atoms with Gasteiger partial charge in [-0.2, -0.15) is 0 Å². The van der Waals surface area contributed by atoms with Crippen LogP contribution in [0.1, 0.15) is 44.1 Å². The van der Waals surface area contributed by atoms with Crippen LogP contribution in [-0.2, 0) is 0 Å². The number of benzene rings is 1. The molecule has 1 aromatic carbocycles. The van der Waals surface area contributed by atoms with E-state index in [1.54, 1.807) is 11.8 Å². The van der Waals surface area contributed by atoms with Gasteiger partial charge in [-0.25, -0.2) is 0 Å². The molecule has 0 radical (unpaired) electrons. The predicted molar refractivity (Wildman–Crippen MR) is 96.4 cm³/mol. The molecule has 0 aromatic heterocycles. The summed E-state index contributed by atoms with van der Waals surface area (Å²) in [5, 5.41) is 0. The summed E-state index contributed by atoms with van der Waals surface area (Å²) in [6.45, 7) is 1.15. The van der Waals surface area contributed by atoms with E-state index in [2.05, 4.69) is 29.4 Å². The highest BCUT2D eigenvalue weighted by molar-refractivity contribution is 7.98. The third-order valence-electron chi connectivity index (χ3n) is 5.02. The molecule has 1 saturated carbocycles. The van der Waals surface area contributed by atoms with Crippen LogP contribution < -0.4 is 10.6 Å². The lowest BCUT2D eigenvalue weighted by atomic mass is 9.78. The molecule has 1 aromatic rings. The Kier molecular flexibility index (Phi) is 4.75. The van der Waals surface area contributed by atoms with E-state index in [4.69, 9.17) is 18.0 Å². The molecule has 2 N–H and O–H groups in total. The van der Waals surface area contributed by atoms with Crippen molar-refractivity contribution in [2.45, 2.75) is 49.5 Å². The molecule has 1 aliphatic heterocycles. The van der Waals surface area contributed by atoms with Crippen LogP contribution in [0.15, 0.2) is 23.1 Å². The molecule has 1 saturated heterocycles. The summed E-state index contributed by atoms with van der Waals surface area (Å²) in [5.74, 6) is 0.865. The molecular formula is C17H24N2S2. The number of fused-ring (bicyclic) bond motifs is 1. The Hall–Kier alpha value is -0.740. The summed E-state index contributed by atoms with van der Waals surface area (Å²) in [7, 11) is 0. The van der Waals surface area contributed by atoms with Crippen LogP contribution in [0.2, 0.25) is 0 Å². The molecule has 2 aliphatic rings. The van der Waals surface area contributed by atoms with Crippen molar-refractivity contribution >= 4 is 34.7 Å². The Balaban J connectivity index is 2.00. The van der Waals surface area contributed by atoms with Gasteiger partial charge >= 0.3 is 0 Å². The number of rotatable bonds is 3. The highest BCUT2D eigenvalue weighted by atomic mass is 32.2. The molecule has 1 aliphatic carbocycles. The summed E-state index contributed by atoms with van der Waals surface area (Å²) in [4.78, 5) is 4.35. The molecule has 3 rings (SSSR count). The third kappa shape index (κ3) is 2.93. The summed E-state index contributed by atoms with van der Waals surface area (Å²) >= 11 is 7.09. The fourth-order valence-corrected chi connectivity index (χ4v) is 5.01. The fraction of sp³-hybridized carbons (Fsp3) is 0.588. The highest BCUT2D eigenvalue weighted by Crippen LogP contribution is 2.40. The summed E-state index contributed by atoms with van der Waals surface area (Å²) in [6, 6.07) is 7.18. The number of nitrogens with two attached hydrogens (primary N) is 1. The first-order chi connectivity index (χ1) is 10.2. The van der Waals surface area contributed by atoms with Crippen molar-refractivity contribution in [2.75, 3.05) is 17.7 Å². The number of nitrogens with zero attached hydrogens (tertiary/aromatic N) is 1. The Morgan fingerprint density at radius 1 is 1.24 bits per heavy atom. The van der Waals surface area contributed by atoms with Gasteiger partial charge in [0, 0.05) is 28.7 Å². The Morgan fingerprint density at radius 2 is 2.00 bits per heavy atom. The largest absolute Gasteiger partial charge is 0.389 e. The zero-order chi connectivity index (χ0) is 14.8. The molecule has 2 fully saturated rings. The van der Waals surface area contributed by atoms with Crippen molar-refractivity contribution in [2.24, 2.45) is 11.7 Å². The molecule has 2 unspecified atom stereocenters. The van der Waals surface area contributed by atoms with Crippen LogP contribution >= 0.6 is 24.0 Å². The van der Waals surface area contributed by atoms with E-state index in [0.717, 1.165) is 18.0 Å². The van der Waals surface area contributed by atoms with E-state index in [9.17, 15) is 0 Å². The van der Waals surface area contributed by atoms with E-state index in [1.165, 1.54) is 49.1 Å². The molecule has 21 heavy (non-hydrogen) atoms. The number of thioether (sulfide) groups is 1. The van der Waals surface area contributed by atoms with E-state index < -0.39 is 0 Å². The molecule has 114 valence electrons. The SMILES string of the molecule is CSc1cccc(N2CCCC3CCCCC32)c1C(N)=S. The minimum atomic E-state index is 0.535. The molecule has 0 bridgehead atoms. The summed E-state index contributed by atoms with van der Waals surface area (Å²) < 4.78 is 0. The van der Waals surface area contributed by atoms with Crippen molar-refractivity contribution in [1.82, 2.24) is 0 Å². The topological polar surface area (TPSA) is 29.3 Å². The minimum Gasteiger partial charge on any atom is -0.389 e. The van der Waals surface area contributed by atoms with Crippen molar-refractivity contribution in [3.05, 3.63) is 23.8 Å². The van der Waals surface area contributed by atoms with E-state index in [-0.39, 0.29) is 0 Å². The number of anilines is 1. The second kappa shape index (κ2) is 6.57. The Labute approximate surface area is 137 Å². The first-order valence-corrected chi connectivity index (χ1v) is 9.59. The maximum Gasteiger partial charge on any atom is 0.107 e. The van der Waals surface area contributed by atoms with Crippen LogP contribution in [0.25, 0.3) is 0 Å². The first-order valence-electron chi connectivity index (χ1n) is 7.96. The van der Waals surface area contributed by atoms with Crippen LogP contribution in [-0.4, -0.2) is 23.8 Å². The Bertz CT molecular complexity index is 528. The smallest absolute Gasteiger partial charge is 0.107 e. The average Bonchev–Trinajstić information content (AvgIpc) is 2.53. The fourth-order valence-electron chi connectivity index (χ4n) is 4.10. The Morgan fingerprint density at radius 3 is 2.76 bits per heavy atom. The molecule has 0 spiro atoms. The normalized spacial score (nSPS) is 25.5. The lowest BCUT2D eigenvalue weighted by molar-refractivity contribution is 0.243. The van der Waals surface area contributed by atoms with Crippen molar-refractivity contribution in [1.29, 1.82) is 0 Å². The second-order valence-corrected chi connectivity index (χ2v) is 7.45. The van der Waals surface area contributed by atoms with Gasteiger partial charge in [0.25, 0.3) is 0 Å². The van der Waals surface area contributed by atoms with Gasteiger partial charge in [0.05, 0.1) is 0 Å². The first kappa shape index (κ1) is 15.2. The van der Waals surface area contributed by atoms with E-state index >= 15 is 0 Å². The number of piperidine rings is 1. The van der Waals surface area contributed by atoms with Crippen LogP contribution in [0, 0.1) is 5.92 Å². The maximum absolute atomic E-state index is 6.06. The van der Waals surface area contributed by atoms with Gasteiger partial charge in [-0.1, -0.05) is 31.1 Å². The van der Waals surface area contributed by atoms with Crippen molar-refractivity contribution < 1.29 is 0 Å². The number of thiocarbonyl (C=S) groups is 1. The molecule has 2 nitrogen and oxygen atoms in total. The monoisotopic (exact) mass is 320 g/mol. The van der Waals surface area contributed by atoms with Crippen LogP contribution in [0.4, 0.5) is 5.69 Å². The van der Waals surface area contributed by atoms with Gasteiger partial charge in [-0.05, 0) is 50.0 Å². The summed E-state index contributed by atoms with van der Waals surface area (Å²) in [5.41, 5.74) is 8.42. The zero-order valence-electron chi connectivity index (χ0n) is 12.7. The third-order valence-corrected chi connectivity index (χ3v) is 6.01. The van der Waals surface area contributed by atoms with Gasteiger partial charge in [0.15, 0.2) is 0 Å². The molecular weight excluding hydrogens is 296 g/mol. The molecule has 1 heterocycles. The van der Waals surface area contributed by atoms with Gasteiger partial charge < -0.3 is 10.6 Å². The molecule has 2 atom stereocenters. The standard InChI is InChI=1S/C17H24N2S2/c1-21-15-10-4-9-14(16(15)17(18)20)19-11-5-7-12-6-2-3-8-13(12)19/h4,9-10,12-13H,2-3,5-8,11H2,1H3,(H2,18,20). The predicted octanol–water partition coefficient (Wildman–Crippen LogP) is 4.20. The summed E-state index contributed by atoms with van der Waals surface area (Å²) in [6.07, 6.45) is 10.3. The van der Waals surface area contributed by atoms with Crippen molar-refractivity contribution in [3.63, 3.8) is 0 Å². The van der Waals surface area contributed by atoms with Gasteiger partial charge in [-0.15, -0.1) is 11.8 Å². The van der Waals surface area contributed by atoms with Gasteiger partial charge in [0.1, 0.15) is 4.99 Å². The van der Waals surface area contributed by atoms with Crippen LogP contribution in [0.3, 0.4) is 0 Å². The van der Waals surface area contributed by atoms with Gasteiger partial charge in [-0.3, -0.25) is 0 Å². The van der Waals surface area contributed by atoms with E-state index in [0.29, 0.717) is 11.0 Å². The number of hydrogen-bond donors (Lipinski definition) is 1. The molecule has 4 heteroatoms. The quantitative estimate of drug-likeness (QED) is 0.667. The van der Waals surface area contributed by atoms with E-state index in [1.807, 2.05) is 0 Å².